The minimum atomic E-state index is -0.757. The van der Waals surface area contributed by atoms with Gasteiger partial charge >= 0.3 is 6.03 Å². The lowest BCUT2D eigenvalue weighted by Gasteiger charge is -2.26. The second kappa shape index (κ2) is 7.35. The average Bonchev–Trinajstić information content (AvgIpc) is 3.27. The van der Waals surface area contributed by atoms with Crippen LogP contribution >= 0.6 is 0 Å². The van der Waals surface area contributed by atoms with Crippen molar-refractivity contribution in [2.24, 2.45) is 0 Å². The van der Waals surface area contributed by atoms with Crippen LogP contribution in [0.1, 0.15) is 31.1 Å². The number of nitrogens with zero attached hydrogens (tertiary/aromatic N) is 2. The van der Waals surface area contributed by atoms with Gasteiger partial charge in [-0.25, -0.2) is 4.79 Å². The third-order valence-corrected chi connectivity index (χ3v) is 4.33. The molecule has 2 N–H and O–H groups in total. The molecule has 3 rings (SSSR count). The Labute approximate surface area is 144 Å². The summed E-state index contributed by atoms with van der Waals surface area (Å²) < 4.78 is 5.20. The van der Waals surface area contributed by atoms with Crippen LogP contribution in [-0.2, 0) is 0 Å². The minimum absolute atomic E-state index is 0.0291. The Kier molecular flexibility index (Phi) is 4.99. The van der Waals surface area contributed by atoms with Crippen molar-refractivity contribution in [1.82, 2.24) is 4.90 Å². The largest absolute Gasteiger partial charge is 0.467 e. The van der Waals surface area contributed by atoms with Crippen molar-refractivity contribution in [1.29, 1.82) is 0 Å². The number of carbonyl (C=O) groups is 1. The van der Waals surface area contributed by atoms with Crippen LogP contribution in [0.3, 0.4) is 0 Å². The van der Waals surface area contributed by atoms with E-state index in [9.17, 15) is 20.0 Å². The van der Waals surface area contributed by atoms with Crippen LogP contribution < -0.4 is 5.32 Å². The Bertz CT molecular complexity index is 729. The molecule has 0 saturated carbocycles. The Morgan fingerprint density at radius 3 is 2.80 bits per heavy atom. The van der Waals surface area contributed by atoms with E-state index in [0.29, 0.717) is 24.4 Å². The van der Waals surface area contributed by atoms with Crippen LogP contribution in [0.2, 0.25) is 0 Å². The molecule has 0 aliphatic carbocycles. The number of likely N-dealkylation sites (tertiary alicyclic amines) is 1. The Balaban J connectivity index is 1.61. The second-order valence-electron chi connectivity index (χ2n) is 5.99. The van der Waals surface area contributed by atoms with E-state index in [1.807, 2.05) is 0 Å². The summed E-state index contributed by atoms with van der Waals surface area (Å²) in [6.45, 7) is 0.606. The number of benzene rings is 1. The van der Waals surface area contributed by atoms with Crippen molar-refractivity contribution in [3.8, 4) is 0 Å². The fourth-order valence-electron chi connectivity index (χ4n) is 3.06. The molecule has 2 unspecified atom stereocenters. The van der Waals surface area contributed by atoms with Gasteiger partial charge in [0.05, 0.1) is 11.2 Å². The number of aliphatic hydroxyl groups excluding tert-OH is 1. The van der Waals surface area contributed by atoms with E-state index in [2.05, 4.69) is 5.32 Å². The molecule has 1 aromatic carbocycles. The highest BCUT2D eigenvalue weighted by Gasteiger charge is 2.31. The number of nitro benzene ring substituents is 1. The van der Waals surface area contributed by atoms with Crippen molar-refractivity contribution >= 4 is 17.4 Å². The molecule has 2 amide bonds. The van der Waals surface area contributed by atoms with E-state index < -0.39 is 11.0 Å². The van der Waals surface area contributed by atoms with Crippen molar-refractivity contribution in [3.05, 3.63) is 58.5 Å². The number of furan rings is 1. The monoisotopic (exact) mass is 345 g/mol. The van der Waals surface area contributed by atoms with Gasteiger partial charge in [-0.1, -0.05) is 0 Å². The molecular formula is C17H19N3O5. The molecule has 1 aliphatic heterocycles. The summed E-state index contributed by atoms with van der Waals surface area (Å²) in [4.78, 5) is 24.4. The number of urea groups is 1. The fourth-order valence-corrected chi connectivity index (χ4v) is 3.06. The smallest absolute Gasteiger partial charge is 0.322 e. The molecule has 8 nitrogen and oxygen atoms in total. The molecule has 8 heteroatoms. The molecule has 1 aromatic heterocycles. The topological polar surface area (TPSA) is 109 Å². The summed E-state index contributed by atoms with van der Waals surface area (Å²) >= 11 is 0. The zero-order valence-electron chi connectivity index (χ0n) is 13.5. The van der Waals surface area contributed by atoms with Crippen LogP contribution in [0, 0.1) is 10.1 Å². The van der Waals surface area contributed by atoms with Crippen LogP contribution in [0.4, 0.5) is 16.2 Å². The molecule has 132 valence electrons. The van der Waals surface area contributed by atoms with Gasteiger partial charge in [-0.05, 0) is 37.1 Å². The van der Waals surface area contributed by atoms with Gasteiger partial charge in [-0.3, -0.25) is 10.1 Å². The normalized spacial score (nSPS) is 18.1. The first-order valence-corrected chi connectivity index (χ1v) is 8.08. The number of nitrogens with one attached hydrogen (secondary N) is 1. The molecule has 2 heterocycles. The van der Waals surface area contributed by atoms with E-state index in [1.165, 1.54) is 30.5 Å². The molecule has 0 spiro atoms. The first kappa shape index (κ1) is 17.0. The Hall–Kier alpha value is -2.87. The van der Waals surface area contributed by atoms with E-state index in [-0.39, 0.29) is 17.8 Å². The SMILES string of the molecule is O=C(Nc1ccc([N+](=O)[O-])cc1)N1CCCC1CC(O)c1ccco1. The number of aliphatic hydroxyl groups is 1. The first-order chi connectivity index (χ1) is 12.0. The summed E-state index contributed by atoms with van der Waals surface area (Å²) in [5.41, 5.74) is 0.464. The summed E-state index contributed by atoms with van der Waals surface area (Å²) in [5.74, 6) is 0.489. The highest BCUT2D eigenvalue weighted by molar-refractivity contribution is 5.89. The molecular weight excluding hydrogens is 326 g/mol. The third kappa shape index (κ3) is 3.97. The highest BCUT2D eigenvalue weighted by atomic mass is 16.6. The molecule has 1 saturated heterocycles. The summed E-state index contributed by atoms with van der Waals surface area (Å²) in [6, 6.07) is 8.75. The predicted octanol–water partition coefficient (Wildman–Crippen LogP) is 3.31. The maximum absolute atomic E-state index is 12.5. The number of nitro groups is 1. The van der Waals surface area contributed by atoms with E-state index in [0.717, 1.165) is 12.8 Å². The predicted molar refractivity (Wildman–Crippen MR) is 90.1 cm³/mol. The van der Waals surface area contributed by atoms with Gasteiger partial charge in [0.1, 0.15) is 11.9 Å². The highest BCUT2D eigenvalue weighted by Crippen LogP contribution is 2.28. The zero-order valence-corrected chi connectivity index (χ0v) is 13.5. The van der Waals surface area contributed by atoms with E-state index in [1.54, 1.807) is 17.0 Å². The number of carbonyl (C=O) groups excluding carboxylic acids is 1. The number of non-ortho nitro benzene ring substituents is 1. The summed E-state index contributed by atoms with van der Waals surface area (Å²) in [6.07, 6.45) is 2.83. The van der Waals surface area contributed by atoms with Crippen LogP contribution in [0.25, 0.3) is 0 Å². The molecule has 25 heavy (non-hydrogen) atoms. The maximum Gasteiger partial charge on any atom is 0.322 e. The lowest BCUT2D eigenvalue weighted by Crippen LogP contribution is -2.39. The molecule has 1 fully saturated rings. The molecule has 2 atom stereocenters. The third-order valence-electron chi connectivity index (χ3n) is 4.33. The molecule has 2 aromatic rings. The molecule has 0 bridgehead atoms. The first-order valence-electron chi connectivity index (χ1n) is 8.08. The quantitative estimate of drug-likeness (QED) is 0.638. The van der Waals surface area contributed by atoms with Gasteiger partial charge in [0.15, 0.2) is 0 Å². The zero-order chi connectivity index (χ0) is 17.8. The Morgan fingerprint density at radius 2 is 2.16 bits per heavy atom. The van der Waals surface area contributed by atoms with E-state index in [4.69, 9.17) is 4.42 Å². The van der Waals surface area contributed by atoms with Gasteiger partial charge in [-0.15, -0.1) is 0 Å². The maximum atomic E-state index is 12.5. The van der Waals surface area contributed by atoms with Crippen LogP contribution in [-0.4, -0.2) is 33.5 Å². The standard InChI is InChI=1S/C17H19N3O5/c21-15(16-4-2-10-25-16)11-14-3-1-9-19(14)17(22)18-12-5-7-13(8-6-12)20(23)24/h2,4-8,10,14-15,21H,1,3,9,11H2,(H,18,22). The van der Waals surface area contributed by atoms with Gasteiger partial charge in [-0.2, -0.15) is 0 Å². The van der Waals surface area contributed by atoms with Crippen molar-refractivity contribution in [2.45, 2.75) is 31.4 Å². The lowest BCUT2D eigenvalue weighted by molar-refractivity contribution is -0.384. The fraction of sp³-hybridized carbons (Fsp3) is 0.353. The number of hydrogen-bond donors (Lipinski definition) is 2. The van der Waals surface area contributed by atoms with Crippen LogP contribution in [0.5, 0.6) is 0 Å². The summed E-state index contributed by atoms with van der Waals surface area (Å²) in [7, 11) is 0. The van der Waals surface area contributed by atoms with Crippen molar-refractivity contribution in [2.75, 3.05) is 11.9 Å². The van der Waals surface area contributed by atoms with Gasteiger partial charge in [0, 0.05) is 36.8 Å². The van der Waals surface area contributed by atoms with Gasteiger partial charge in [0.2, 0.25) is 0 Å². The van der Waals surface area contributed by atoms with Gasteiger partial charge in [0.25, 0.3) is 5.69 Å². The Morgan fingerprint density at radius 1 is 1.40 bits per heavy atom. The summed E-state index contributed by atoms with van der Waals surface area (Å²) in [5, 5.41) is 23.6. The van der Waals surface area contributed by atoms with Gasteiger partial charge < -0.3 is 19.7 Å². The number of anilines is 1. The lowest BCUT2D eigenvalue weighted by atomic mass is 10.1. The van der Waals surface area contributed by atoms with Crippen LogP contribution in [0.15, 0.2) is 47.1 Å². The number of hydrogen-bond acceptors (Lipinski definition) is 5. The molecule has 0 radical (unpaired) electrons. The van der Waals surface area contributed by atoms with Crippen molar-refractivity contribution in [3.63, 3.8) is 0 Å². The second-order valence-corrected chi connectivity index (χ2v) is 5.99. The molecule has 1 aliphatic rings. The average molecular weight is 345 g/mol. The van der Waals surface area contributed by atoms with E-state index >= 15 is 0 Å². The minimum Gasteiger partial charge on any atom is -0.467 e. The van der Waals surface area contributed by atoms with Crippen molar-refractivity contribution < 1.29 is 19.2 Å². The number of amides is 2. The number of rotatable bonds is 5.